The summed E-state index contributed by atoms with van der Waals surface area (Å²) < 4.78 is 5.86. The minimum Gasteiger partial charge on any atom is -0.461 e. The van der Waals surface area contributed by atoms with Crippen LogP contribution in [0.3, 0.4) is 0 Å². The second-order valence-corrected chi connectivity index (χ2v) is 10.9. The van der Waals surface area contributed by atoms with E-state index in [2.05, 4.69) is 61.8 Å². The van der Waals surface area contributed by atoms with Gasteiger partial charge in [-0.25, -0.2) is 0 Å². The number of fused-ring (bicyclic) bond motifs is 2. The van der Waals surface area contributed by atoms with Crippen LogP contribution in [0.1, 0.15) is 44.2 Å². The van der Waals surface area contributed by atoms with Gasteiger partial charge in [-0.2, -0.15) is 0 Å². The molecular formula is C27H38N2O3. The molecule has 2 heterocycles. The molecule has 0 radical (unpaired) electrons. The van der Waals surface area contributed by atoms with E-state index in [0.717, 1.165) is 45.4 Å². The highest BCUT2D eigenvalue weighted by molar-refractivity contribution is 5.76. The Morgan fingerprint density at radius 1 is 1.19 bits per heavy atom. The van der Waals surface area contributed by atoms with Crippen molar-refractivity contribution in [1.29, 1.82) is 0 Å². The Morgan fingerprint density at radius 2 is 1.94 bits per heavy atom. The zero-order chi connectivity index (χ0) is 22.6. The average molecular weight is 439 g/mol. The Kier molecular flexibility index (Phi) is 5.61. The van der Waals surface area contributed by atoms with Crippen LogP contribution in [0.5, 0.6) is 0 Å². The van der Waals surface area contributed by atoms with Gasteiger partial charge in [0.1, 0.15) is 6.10 Å². The molecule has 2 aliphatic carbocycles. The number of piperazine rings is 1. The zero-order valence-electron chi connectivity index (χ0n) is 20.0. The molecule has 5 rings (SSSR count). The van der Waals surface area contributed by atoms with Crippen molar-refractivity contribution in [2.75, 3.05) is 37.6 Å². The molecule has 2 aliphatic heterocycles. The third-order valence-electron chi connectivity index (χ3n) is 9.09. The number of benzene rings is 1. The fourth-order valence-corrected chi connectivity index (χ4v) is 6.88. The highest BCUT2D eigenvalue weighted by Crippen LogP contribution is 2.56. The van der Waals surface area contributed by atoms with E-state index in [1.54, 1.807) is 0 Å². The molecule has 4 aliphatic rings. The molecule has 174 valence electrons. The summed E-state index contributed by atoms with van der Waals surface area (Å²) in [5.74, 6) is 0.000175. The molecular weight excluding hydrogens is 400 g/mol. The van der Waals surface area contributed by atoms with Gasteiger partial charge in [0.2, 0.25) is 0 Å². The first-order valence-electron chi connectivity index (χ1n) is 12.4. The van der Waals surface area contributed by atoms with E-state index in [-0.39, 0.29) is 29.3 Å². The molecule has 0 unspecified atom stereocenters. The second-order valence-electron chi connectivity index (χ2n) is 10.9. The smallest absolute Gasteiger partial charge is 0.311 e. The maximum Gasteiger partial charge on any atom is 0.311 e. The number of carbonyl (C=O) groups excluding carboxylic acids is 1. The molecule has 32 heavy (non-hydrogen) atoms. The third kappa shape index (κ3) is 3.49. The van der Waals surface area contributed by atoms with E-state index in [1.807, 2.05) is 0 Å². The summed E-state index contributed by atoms with van der Waals surface area (Å²) in [6.45, 7) is 13.3. The monoisotopic (exact) mass is 438 g/mol. The summed E-state index contributed by atoms with van der Waals surface area (Å²) in [4.78, 5) is 17.8. The van der Waals surface area contributed by atoms with Gasteiger partial charge >= 0.3 is 5.97 Å². The number of nitrogens with zero attached hydrogens (tertiary/aromatic N) is 2. The molecule has 0 bridgehead atoms. The summed E-state index contributed by atoms with van der Waals surface area (Å²) >= 11 is 0. The molecule has 0 amide bonds. The van der Waals surface area contributed by atoms with Gasteiger partial charge in [-0.05, 0) is 44.2 Å². The van der Waals surface area contributed by atoms with Crippen molar-refractivity contribution in [2.45, 2.75) is 59.2 Å². The summed E-state index contributed by atoms with van der Waals surface area (Å²) in [7, 11) is 0. The Hall–Kier alpha value is -1.85. The van der Waals surface area contributed by atoms with Crippen molar-refractivity contribution in [1.82, 2.24) is 4.90 Å². The first-order chi connectivity index (χ1) is 15.3. The minimum atomic E-state index is -0.518. The number of aliphatic hydroxyl groups is 1. The maximum absolute atomic E-state index is 12.9. The standard InChI is InChI=1S/C27H38N2O3/c1-17-8-9-22(18(2)14-17)29-12-10-28(11-13-29)16-21-24-23(32-26(21)31)15-20-7-5-6-19(3)27(20,4)25(24)30/h7-9,14,19,21,23-25,30H,5-6,10-13,15-16H2,1-4H3/t19-,21+,23+,24+,25-,27+/m0/s1. The van der Waals surface area contributed by atoms with Crippen LogP contribution in [-0.2, 0) is 9.53 Å². The van der Waals surface area contributed by atoms with E-state index in [1.165, 1.54) is 22.4 Å². The van der Waals surface area contributed by atoms with Crippen molar-refractivity contribution >= 4 is 11.7 Å². The molecule has 3 fully saturated rings. The lowest BCUT2D eigenvalue weighted by molar-refractivity contribution is -0.145. The average Bonchev–Trinajstić information content (AvgIpc) is 3.06. The summed E-state index contributed by atoms with van der Waals surface area (Å²) in [5.41, 5.74) is 5.01. The number of rotatable bonds is 3. The van der Waals surface area contributed by atoms with Crippen LogP contribution in [0, 0.1) is 37.0 Å². The van der Waals surface area contributed by atoms with E-state index in [4.69, 9.17) is 4.74 Å². The Labute approximate surface area is 192 Å². The van der Waals surface area contributed by atoms with E-state index in [0.29, 0.717) is 12.5 Å². The molecule has 2 saturated heterocycles. The van der Waals surface area contributed by atoms with Gasteiger partial charge < -0.3 is 14.7 Å². The molecule has 6 atom stereocenters. The topological polar surface area (TPSA) is 53.0 Å². The van der Waals surface area contributed by atoms with Gasteiger partial charge in [-0.1, -0.05) is 43.2 Å². The molecule has 0 aromatic heterocycles. The maximum atomic E-state index is 12.9. The molecule has 1 saturated carbocycles. The van der Waals surface area contributed by atoms with Crippen LogP contribution >= 0.6 is 0 Å². The molecule has 5 heteroatoms. The number of esters is 1. The van der Waals surface area contributed by atoms with Gasteiger partial charge in [0.15, 0.2) is 0 Å². The lowest BCUT2D eigenvalue weighted by Crippen LogP contribution is -2.55. The normalized spacial score (nSPS) is 37.5. The zero-order valence-corrected chi connectivity index (χ0v) is 20.0. The fourth-order valence-electron chi connectivity index (χ4n) is 6.88. The van der Waals surface area contributed by atoms with Crippen LogP contribution in [0.2, 0.25) is 0 Å². The Bertz CT molecular complexity index is 919. The first kappa shape index (κ1) is 22.0. The summed E-state index contributed by atoms with van der Waals surface area (Å²) in [6.07, 6.45) is 4.59. The van der Waals surface area contributed by atoms with Gasteiger partial charge in [0, 0.05) is 56.2 Å². The van der Waals surface area contributed by atoms with Gasteiger partial charge in [-0.3, -0.25) is 9.69 Å². The quantitative estimate of drug-likeness (QED) is 0.576. The number of allylic oxidation sites excluding steroid dienone is 1. The Balaban J connectivity index is 1.27. The molecule has 0 spiro atoms. The van der Waals surface area contributed by atoms with Gasteiger partial charge in [0.05, 0.1) is 12.0 Å². The predicted molar refractivity (Wildman–Crippen MR) is 127 cm³/mol. The van der Waals surface area contributed by atoms with Crippen LogP contribution < -0.4 is 4.90 Å². The van der Waals surface area contributed by atoms with Crippen LogP contribution in [0.25, 0.3) is 0 Å². The van der Waals surface area contributed by atoms with Crippen molar-refractivity contribution in [3.63, 3.8) is 0 Å². The van der Waals surface area contributed by atoms with Crippen LogP contribution in [0.15, 0.2) is 29.8 Å². The van der Waals surface area contributed by atoms with E-state index < -0.39 is 6.10 Å². The summed E-state index contributed by atoms with van der Waals surface area (Å²) in [5, 5.41) is 11.6. The largest absolute Gasteiger partial charge is 0.461 e. The van der Waals surface area contributed by atoms with Crippen molar-refractivity contribution in [3.05, 3.63) is 41.0 Å². The predicted octanol–water partition coefficient (Wildman–Crippen LogP) is 3.71. The van der Waals surface area contributed by atoms with E-state index in [9.17, 15) is 9.90 Å². The van der Waals surface area contributed by atoms with Crippen molar-refractivity contribution < 1.29 is 14.6 Å². The lowest BCUT2D eigenvalue weighted by atomic mass is 9.55. The van der Waals surface area contributed by atoms with Crippen molar-refractivity contribution in [2.24, 2.45) is 23.2 Å². The summed E-state index contributed by atoms with van der Waals surface area (Å²) in [6, 6.07) is 6.66. The number of ether oxygens (including phenoxy) is 1. The fraction of sp³-hybridized carbons (Fsp3) is 0.667. The molecule has 1 N–H and O–H groups in total. The molecule has 1 aromatic carbocycles. The third-order valence-corrected chi connectivity index (χ3v) is 9.09. The number of hydrogen-bond donors (Lipinski definition) is 1. The minimum absolute atomic E-state index is 0.0948. The van der Waals surface area contributed by atoms with E-state index >= 15 is 0 Å². The highest BCUT2D eigenvalue weighted by Gasteiger charge is 2.59. The number of aliphatic hydroxyl groups excluding tert-OH is 1. The lowest BCUT2D eigenvalue weighted by Gasteiger charge is -2.52. The first-order valence-corrected chi connectivity index (χ1v) is 12.4. The van der Waals surface area contributed by atoms with Crippen LogP contribution in [0.4, 0.5) is 5.69 Å². The van der Waals surface area contributed by atoms with Gasteiger partial charge in [-0.15, -0.1) is 0 Å². The SMILES string of the molecule is Cc1ccc(N2CCN(C[C@H]3C(=O)O[C@@H]4CC5=CCC[C@H](C)[C@@]5(C)[C@@H](O)[C@@H]43)CC2)c(C)c1. The second kappa shape index (κ2) is 8.18. The number of anilines is 1. The molecule has 5 nitrogen and oxygen atoms in total. The number of carbonyl (C=O) groups is 1. The van der Waals surface area contributed by atoms with Gasteiger partial charge in [0.25, 0.3) is 0 Å². The molecule has 1 aromatic rings. The van der Waals surface area contributed by atoms with Crippen LogP contribution in [-0.4, -0.2) is 60.9 Å². The number of hydrogen-bond acceptors (Lipinski definition) is 5. The van der Waals surface area contributed by atoms with Crippen molar-refractivity contribution in [3.8, 4) is 0 Å². The number of aryl methyl sites for hydroxylation is 2. The Morgan fingerprint density at radius 3 is 2.66 bits per heavy atom. The highest BCUT2D eigenvalue weighted by atomic mass is 16.6.